The number of aryl methyl sites for hydroxylation is 1. The molecule has 0 atom stereocenters. The highest BCUT2D eigenvalue weighted by molar-refractivity contribution is 6.30. The summed E-state index contributed by atoms with van der Waals surface area (Å²) in [5.41, 5.74) is 2.77. The Bertz CT molecular complexity index is 827. The van der Waals surface area contributed by atoms with Gasteiger partial charge in [0, 0.05) is 16.3 Å². The van der Waals surface area contributed by atoms with Crippen LogP contribution in [0.15, 0.2) is 48.5 Å². The lowest BCUT2D eigenvalue weighted by molar-refractivity contribution is -0.116. The molecule has 1 amide bonds. The van der Waals surface area contributed by atoms with E-state index in [0.717, 1.165) is 17.7 Å². The maximum Gasteiger partial charge on any atom is 0.246 e. The summed E-state index contributed by atoms with van der Waals surface area (Å²) in [6, 6.07) is 14.9. The lowest BCUT2D eigenvalue weighted by Gasteiger charge is -2.07. The van der Waals surface area contributed by atoms with Crippen molar-refractivity contribution in [3.63, 3.8) is 0 Å². The molecule has 0 radical (unpaired) electrons. The molecule has 0 fully saturated rings. The first kappa shape index (κ1) is 16.1. The Hall–Kier alpha value is -2.73. The van der Waals surface area contributed by atoms with Crippen molar-refractivity contribution in [3.8, 4) is 11.4 Å². The molecule has 7 heteroatoms. The third-order valence-electron chi connectivity index (χ3n) is 3.57. The van der Waals surface area contributed by atoms with E-state index < -0.39 is 0 Å². The maximum absolute atomic E-state index is 12.2. The molecule has 3 aromatic rings. The van der Waals surface area contributed by atoms with Crippen LogP contribution >= 0.6 is 11.6 Å². The zero-order valence-electron chi connectivity index (χ0n) is 13.1. The summed E-state index contributed by atoms with van der Waals surface area (Å²) in [4.78, 5) is 12.2. The lowest BCUT2D eigenvalue weighted by atomic mass is 10.1. The van der Waals surface area contributed by atoms with Crippen LogP contribution < -0.4 is 5.32 Å². The first-order chi connectivity index (χ1) is 11.7. The quantitative estimate of drug-likeness (QED) is 0.773. The minimum Gasteiger partial charge on any atom is -0.324 e. The Kier molecular flexibility index (Phi) is 4.86. The van der Waals surface area contributed by atoms with Gasteiger partial charge in [0.25, 0.3) is 0 Å². The Morgan fingerprint density at radius 3 is 2.50 bits per heavy atom. The Labute approximate surface area is 144 Å². The van der Waals surface area contributed by atoms with E-state index in [9.17, 15) is 4.79 Å². The molecule has 0 aliphatic carbocycles. The van der Waals surface area contributed by atoms with Gasteiger partial charge >= 0.3 is 0 Å². The normalized spacial score (nSPS) is 10.6. The zero-order chi connectivity index (χ0) is 16.9. The number of hydrogen-bond donors (Lipinski definition) is 1. The topological polar surface area (TPSA) is 72.7 Å². The lowest BCUT2D eigenvalue weighted by Crippen LogP contribution is -2.20. The molecule has 1 N–H and O–H groups in total. The number of rotatable bonds is 5. The molecule has 6 nitrogen and oxygen atoms in total. The number of hydrogen-bond acceptors (Lipinski definition) is 4. The third-order valence-corrected chi connectivity index (χ3v) is 3.83. The van der Waals surface area contributed by atoms with Gasteiger partial charge in [-0.1, -0.05) is 30.7 Å². The van der Waals surface area contributed by atoms with Crippen molar-refractivity contribution in [1.29, 1.82) is 0 Å². The molecule has 1 heterocycles. The van der Waals surface area contributed by atoms with Crippen molar-refractivity contribution in [2.24, 2.45) is 0 Å². The molecular weight excluding hydrogens is 326 g/mol. The van der Waals surface area contributed by atoms with Crippen molar-refractivity contribution in [2.45, 2.75) is 19.9 Å². The van der Waals surface area contributed by atoms with Gasteiger partial charge in [-0.15, -0.1) is 5.10 Å². The molecule has 0 unspecified atom stereocenters. The number of tetrazole rings is 1. The van der Waals surface area contributed by atoms with E-state index in [0.29, 0.717) is 10.8 Å². The van der Waals surface area contributed by atoms with Crippen LogP contribution in [0.5, 0.6) is 0 Å². The monoisotopic (exact) mass is 341 g/mol. The predicted molar refractivity (Wildman–Crippen MR) is 92.7 cm³/mol. The summed E-state index contributed by atoms with van der Waals surface area (Å²) < 4.78 is 1.46. The van der Waals surface area contributed by atoms with Crippen molar-refractivity contribution >= 4 is 23.2 Å². The summed E-state index contributed by atoms with van der Waals surface area (Å²) >= 11 is 5.89. The van der Waals surface area contributed by atoms with E-state index in [4.69, 9.17) is 11.6 Å². The summed E-state index contributed by atoms with van der Waals surface area (Å²) in [5, 5.41) is 15.0. The number of anilines is 1. The fourth-order valence-corrected chi connectivity index (χ4v) is 2.40. The average molecular weight is 342 g/mol. The SMILES string of the molecule is CCc1ccc(NC(=O)Cn2nnnc2-c2ccc(Cl)cc2)cc1. The van der Waals surface area contributed by atoms with Gasteiger partial charge in [0.15, 0.2) is 5.82 Å². The van der Waals surface area contributed by atoms with E-state index in [1.807, 2.05) is 36.4 Å². The molecule has 2 aromatic carbocycles. The fourth-order valence-electron chi connectivity index (χ4n) is 2.28. The van der Waals surface area contributed by atoms with Gasteiger partial charge in [0.2, 0.25) is 5.91 Å². The minimum atomic E-state index is -0.193. The van der Waals surface area contributed by atoms with Crippen LogP contribution in [0.2, 0.25) is 5.02 Å². The van der Waals surface area contributed by atoms with Crippen LogP contribution in [0.4, 0.5) is 5.69 Å². The summed E-state index contributed by atoms with van der Waals surface area (Å²) in [7, 11) is 0. The van der Waals surface area contributed by atoms with Gasteiger partial charge in [-0.2, -0.15) is 0 Å². The number of carbonyl (C=O) groups is 1. The van der Waals surface area contributed by atoms with E-state index in [2.05, 4.69) is 27.8 Å². The number of halogens is 1. The van der Waals surface area contributed by atoms with Gasteiger partial charge in [-0.25, -0.2) is 4.68 Å². The number of amides is 1. The number of nitrogens with zero attached hydrogens (tertiary/aromatic N) is 4. The second kappa shape index (κ2) is 7.23. The van der Waals surface area contributed by atoms with Crippen LogP contribution in [-0.4, -0.2) is 26.1 Å². The molecule has 0 saturated heterocycles. The van der Waals surface area contributed by atoms with Crippen LogP contribution in [0, 0.1) is 0 Å². The van der Waals surface area contributed by atoms with E-state index in [-0.39, 0.29) is 12.5 Å². The highest BCUT2D eigenvalue weighted by Gasteiger charge is 2.12. The third kappa shape index (κ3) is 3.78. The van der Waals surface area contributed by atoms with Gasteiger partial charge in [0.05, 0.1) is 0 Å². The fraction of sp³-hybridized carbons (Fsp3) is 0.176. The van der Waals surface area contributed by atoms with Crippen molar-refractivity contribution < 1.29 is 4.79 Å². The number of nitrogens with one attached hydrogen (secondary N) is 1. The molecule has 3 rings (SSSR count). The van der Waals surface area contributed by atoms with E-state index in [1.54, 1.807) is 12.1 Å². The van der Waals surface area contributed by atoms with Gasteiger partial charge in [0.1, 0.15) is 6.54 Å². The zero-order valence-corrected chi connectivity index (χ0v) is 13.9. The van der Waals surface area contributed by atoms with Crippen molar-refractivity contribution in [3.05, 3.63) is 59.1 Å². The second-order valence-electron chi connectivity index (χ2n) is 5.27. The smallest absolute Gasteiger partial charge is 0.246 e. The summed E-state index contributed by atoms with van der Waals surface area (Å²) in [6.07, 6.45) is 0.962. The highest BCUT2D eigenvalue weighted by Crippen LogP contribution is 2.18. The van der Waals surface area contributed by atoms with Crippen molar-refractivity contribution in [2.75, 3.05) is 5.32 Å². The predicted octanol–water partition coefficient (Wildman–Crippen LogP) is 3.19. The minimum absolute atomic E-state index is 0.0283. The first-order valence-corrected chi connectivity index (χ1v) is 7.94. The maximum atomic E-state index is 12.2. The van der Waals surface area contributed by atoms with Gasteiger partial charge in [-0.3, -0.25) is 4.79 Å². The number of aromatic nitrogens is 4. The summed E-state index contributed by atoms with van der Waals surface area (Å²) in [6.45, 7) is 2.12. The van der Waals surface area contributed by atoms with Crippen LogP contribution in [-0.2, 0) is 17.8 Å². The molecule has 0 spiro atoms. The number of carbonyl (C=O) groups excluding carboxylic acids is 1. The Morgan fingerprint density at radius 2 is 1.83 bits per heavy atom. The van der Waals surface area contributed by atoms with Crippen LogP contribution in [0.3, 0.4) is 0 Å². The van der Waals surface area contributed by atoms with Crippen LogP contribution in [0.25, 0.3) is 11.4 Å². The van der Waals surface area contributed by atoms with Gasteiger partial charge in [-0.05, 0) is 58.8 Å². The summed E-state index contributed by atoms with van der Waals surface area (Å²) in [5.74, 6) is 0.324. The second-order valence-corrected chi connectivity index (χ2v) is 5.70. The standard InChI is InChI=1S/C17H16ClN5O/c1-2-12-3-9-15(10-4-12)19-16(24)11-23-17(20-21-22-23)13-5-7-14(18)8-6-13/h3-10H,2,11H2,1H3,(H,19,24). The first-order valence-electron chi connectivity index (χ1n) is 7.56. The molecule has 0 aliphatic rings. The molecule has 0 bridgehead atoms. The highest BCUT2D eigenvalue weighted by atomic mass is 35.5. The Balaban J connectivity index is 1.70. The molecule has 122 valence electrons. The molecule has 1 aromatic heterocycles. The molecular formula is C17H16ClN5O. The Morgan fingerprint density at radius 1 is 1.12 bits per heavy atom. The molecule has 0 aliphatic heterocycles. The van der Waals surface area contributed by atoms with E-state index in [1.165, 1.54) is 10.2 Å². The van der Waals surface area contributed by atoms with Crippen molar-refractivity contribution in [1.82, 2.24) is 20.2 Å². The number of benzene rings is 2. The van der Waals surface area contributed by atoms with E-state index >= 15 is 0 Å². The van der Waals surface area contributed by atoms with Crippen LogP contribution in [0.1, 0.15) is 12.5 Å². The average Bonchev–Trinajstić information content (AvgIpc) is 3.04. The molecule has 24 heavy (non-hydrogen) atoms. The molecule has 0 saturated carbocycles. The van der Waals surface area contributed by atoms with Gasteiger partial charge < -0.3 is 5.32 Å². The largest absolute Gasteiger partial charge is 0.324 e.